The van der Waals surface area contributed by atoms with Crippen molar-refractivity contribution in [2.24, 2.45) is 25.0 Å². The van der Waals surface area contributed by atoms with Crippen LogP contribution in [0.2, 0.25) is 0 Å². The Hall–Kier alpha value is -3.99. The zero-order valence-electron chi connectivity index (χ0n) is 22.1. The molecule has 0 saturated heterocycles. The fourth-order valence-electron chi connectivity index (χ4n) is 6.43. The van der Waals surface area contributed by atoms with Gasteiger partial charge in [0, 0.05) is 76.9 Å². The van der Waals surface area contributed by atoms with Crippen LogP contribution in [0.1, 0.15) is 39.5 Å². The number of fused-ring (bicyclic) bond motifs is 14. The molecule has 4 aromatic carbocycles. The second kappa shape index (κ2) is 9.00. The SMILES string of the molecule is [Y].c1ccc2c(c1)C1=N/C2=N\c2c3ccccc3c3[n]2[Al][N]2C(=N1)c1ccccc1C2NC1=N/C(=N\3)c2ccccc21. The van der Waals surface area contributed by atoms with Gasteiger partial charge in [-0.15, -0.1) is 0 Å². The van der Waals surface area contributed by atoms with Crippen LogP contribution in [0.4, 0.5) is 11.6 Å². The van der Waals surface area contributed by atoms with Gasteiger partial charge in [-0.3, -0.25) is 0 Å². The predicted octanol–water partition coefficient (Wildman–Crippen LogP) is 5.08. The van der Waals surface area contributed by atoms with Gasteiger partial charge in [0.05, 0.1) is 0 Å². The van der Waals surface area contributed by atoms with Gasteiger partial charge >= 0.3 is 15.7 Å². The van der Waals surface area contributed by atoms with Crippen molar-refractivity contribution in [1.82, 2.24) is 12.8 Å². The van der Waals surface area contributed by atoms with Crippen LogP contribution in [-0.2, 0) is 32.7 Å². The molecule has 42 heavy (non-hydrogen) atoms. The van der Waals surface area contributed by atoms with E-state index in [9.17, 15) is 0 Å². The Bertz CT molecular complexity index is 2190. The van der Waals surface area contributed by atoms with Crippen LogP contribution in [0.3, 0.4) is 0 Å². The molecule has 0 fully saturated rings. The van der Waals surface area contributed by atoms with Gasteiger partial charge < -0.3 is 12.8 Å². The first-order chi connectivity index (χ1) is 20.3. The number of hydrogen-bond acceptors (Lipinski definition) is 7. The van der Waals surface area contributed by atoms with Gasteiger partial charge in [-0.25, -0.2) is 25.0 Å². The first-order valence-corrected chi connectivity index (χ1v) is 14.6. The summed E-state index contributed by atoms with van der Waals surface area (Å²) in [5, 5.41) is 5.90. The molecular weight excluding hydrogens is 612 g/mol. The van der Waals surface area contributed by atoms with Crippen LogP contribution in [0.15, 0.2) is 122 Å². The molecular formula is C32H18AlN8Y. The van der Waals surface area contributed by atoms with Gasteiger partial charge in [-0.05, 0) is 0 Å². The summed E-state index contributed by atoms with van der Waals surface area (Å²) in [7, 11) is 0. The number of hydrogen-bond donors (Lipinski definition) is 1. The fourth-order valence-corrected chi connectivity index (χ4v) is 7.97. The average Bonchev–Trinajstić information content (AvgIpc) is 3.72. The number of nitrogens with zero attached hydrogens (tertiary/aromatic N) is 7. The Balaban J connectivity index is 0.00000250. The summed E-state index contributed by atoms with van der Waals surface area (Å²) in [6, 6.07) is 33.4. The van der Waals surface area contributed by atoms with Crippen molar-refractivity contribution in [1.29, 1.82) is 0 Å². The molecule has 2 radical (unpaired) electrons. The third-order valence-corrected chi connectivity index (χ3v) is 9.81. The molecule has 0 aliphatic carbocycles. The Morgan fingerprint density at radius 3 is 1.76 bits per heavy atom. The minimum absolute atomic E-state index is 0. The van der Waals surface area contributed by atoms with Gasteiger partial charge in [0.25, 0.3) is 0 Å². The molecule has 0 saturated carbocycles. The Kier molecular flexibility index (Phi) is 5.27. The molecule has 1 unspecified atom stereocenters. The number of aliphatic imine (C=N–C) groups is 5. The summed E-state index contributed by atoms with van der Waals surface area (Å²) in [6.45, 7) is 0. The molecule has 5 aliphatic rings. The first kappa shape index (κ1) is 24.6. The summed E-state index contributed by atoms with van der Waals surface area (Å²) < 4.78 is 4.66. The van der Waals surface area contributed by atoms with Crippen molar-refractivity contribution >= 4 is 67.2 Å². The van der Waals surface area contributed by atoms with Crippen LogP contribution in [0, 0.1) is 0 Å². The Morgan fingerprint density at radius 2 is 1.07 bits per heavy atom. The van der Waals surface area contributed by atoms with Crippen LogP contribution in [0.5, 0.6) is 0 Å². The molecule has 192 valence electrons. The summed E-state index contributed by atoms with van der Waals surface area (Å²) in [5.74, 6) is 5.51. The standard InChI is InChI=1S/C32H18N8.Al.Y/c1-2-10-18-17(9-1)25-33-26(18)38-28-21-13-5-6-14-22(21)30(35-28)40-32-24-16-8-7-15-23(24)31(36-32)39-29-20-12-4-3-11-19(20)27(34-29)37-25;;/h1-16,25H,(H-,33,34,35,37,38,39,40);;/q-2;+2;. The molecule has 10 rings (SSSR count). The smallest absolute Gasteiger partial charge is 0.412 e. The molecule has 5 aromatic rings. The van der Waals surface area contributed by atoms with Crippen LogP contribution in [-0.4, -0.2) is 52.3 Å². The van der Waals surface area contributed by atoms with Gasteiger partial charge in [0.15, 0.2) is 17.5 Å². The Labute approximate surface area is 272 Å². The van der Waals surface area contributed by atoms with E-state index in [1.807, 2.05) is 18.2 Å². The molecule has 6 bridgehead atoms. The van der Waals surface area contributed by atoms with Crippen LogP contribution >= 0.6 is 0 Å². The minimum Gasteiger partial charge on any atom is -0.412 e. The zero-order valence-corrected chi connectivity index (χ0v) is 26.1. The van der Waals surface area contributed by atoms with Crippen LogP contribution < -0.4 is 5.32 Å². The van der Waals surface area contributed by atoms with E-state index in [1.54, 1.807) is 0 Å². The van der Waals surface area contributed by atoms with Crippen molar-refractivity contribution in [3.63, 3.8) is 0 Å². The van der Waals surface area contributed by atoms with Crippen molar-refractivity contribution in [3.05, 3.63) is 130 Å². The number of amidine groups is 5. The first-order valence-electron chi connectivity index (χ1n) is 13.6. The van der Waals surface area contributed by atoms with Gasteiger partial charge in [-0.2, -0.15) is 0 Å². The predicted molar refractivity (Wildman–Crippen MR) is 162 cm³/mol. The largest absolute Gasteiger partial charge is 0.564 e. The maximum atomic E-state index is 5.28. The summed E-state index contributed by atoms with van der Waals surface area (Å²) in [4.78, 5) is 25.9. The van der Waals surface area contributed by atoms with Gasteiger partial charge in [0.1, 0.15) is 29.5 Å². The van der Waals surface area contributed by atoms with Crippen LogP contribution in [0.25, 0.3) is 10.8 Å². The maximum Gasteiger partial charge on any atom is 0.564 e. The molecule has 1 N–H and O–H groups in total. The average molecular weight is 630 g/mol. The fraction of sp³-hybridized carbons (Fsp3) is 0.0312. The molecule has 1 aromatic heterocycles. The summed E-state index contributed by atoms with van der Waals surface area (Å²) in [6.07, 6.45) is -0.171. The van der Waals surface area contributed by atoms with E-state index in [2.05, 4.69) is 91.6 Å². The second-order valence-electron chi connectivity index (χ2n) is 10.5. The molecule has 0 amide bonds. The van der Waals surface area contributed by atoms with E-state index in [-0.39, 0.29) is 38.9 Å². The van der Waals surface area contributed by atoms with E-state index >= 15 is 0 Å². The van der Waals surface area contributed by atoms with E-state index in [4.69, 9.17) is 25.0 Å². The van der Waals surface area contributed by atoms with E-state index in [1.165, 1.54) is 0 Å². The van der Waals surface area contributed by atoms with Crippen molar-refractivity contribution in [3.8, 4) is 0 Å². The molecule has 1 atom stereocenters. The molecule has 0 spiro atoms. The quantitative estimate of drug-likeness (QED) is 0.243. The Morgan fingerprint density at radius 1 is 0.548 bits per heavy atom. The topological polar surface area (TPSA) is 82.0 Å². The normalized spacial score (nSPS) is 20.6. The van der Waals surface area contributed by atoms with Crippen molar-refractivity contribution < 1.29 is 32.7 Å². The third kappa shape index (κ3) is 3.28. The molecule has 6 heterocycles. The number of benzene rings is 4. The summed E-state index contributed by atoms with van der Waals surface area (Å²) >= 11 is -0.571. The second-order valence-corrected chi connectivity index (χ2v) is 11.8. The van der Waals surface area contributed by atoms with E-state index in [0.29, 0.717) is 17.5 Å². The third-order valence-electron chi connectivity index (χ3n) is 8.29. The zero-order chi connectivity index (χ0) is 26.7. The monoisotopic (exact) mass is 630 g/mol. The van der Waals surface area contributed by atoms with Gasteiger partial charge in [0.2, 0.25) is 0 Å². The molecule has 10 heteroatoms. The number of aromatic nitrogens is 1. The van der Waals surface area contributed by atoms with E-state index in [0.717, 1.165) is 67.5 Å². The molecule has 5 aliphatic heterocycles. The van der Waals surface area contributed by atoms with Crippen molar-refractivity contribution in [2.75, 3.05) is 0 Å². The summed E-state index contributed by atoms with van der Waals surface area (Å²) in [5.41, 5.74) is 6.31. The number of nitrogens with one attached hydrogen (secondary N) is 1. The number of rotatable bonds is 0. The van der Waals surface area contributed by atoms with E-state index < -0.39 is 15.7 Å². The van der Waals surface area contributed by atoms with Gasteiger partial charge in [-0.1, -0.05) is 97.1 Å². The van der Waals surface area contributed by atoms with Crippen molar-refractivity contribution in [2.45, 2.75) is 6.17 Å². The maximum absolute atomic E-state index is 5.28. The molecule has 8 nitrogen and oxygen atoms in total. The minimum atomic E-state index is -0.571.